The van der Waals surface area contributed by atoms with Gasteiger partial charge in [-0.15, -0.1) is 0 Å². The maximum Gasteiger partial charge on any atom is 0.339 e. The molecule has 0 atom stereocenters. The predicted molar refractivity (Wildman–Crippen MR) is 54.7 cm³/mol. The van der Waals surface area contributed by atoms with Crippen molar-refractivity contribution in [3.63, 3.8) is 0 Å². The lowest BCUT2D eigenvalue weighted by Crippen LogP contribution is -2.25. The van der Waals surface area contributed by atoms with Crippen LogP contribution in [-0.2, 0) is 9.59 Å². The summed E-state index contributed by atoms with van der Waals surface area (Å²) in [5.41, 5.74) is -1.27. The molecule has 0 saturated heterocycles. The number of carbonyl (C=O) groups is 3. The average Bonchev–Trinajstić information content (AvgIpc) is 2.27. The molecule has 0 bridgehead atoms. The Morgan fingerprint density at radius 3 is 2.18 bits per heavy atom. The summed E-state index contributed by atoms with van der Waals surface area (Å²) in [4.78, 5) is 33.7. The second kappa shape index (κ2) is 3.44. The summed E-state index contributed by atoms with van der Waals surface area (Å²) in [6.07, 6.45) is 0.871. The highest BCUT2D eigenvalue weighted by Gasteiger charge is 2.34. The third kappa shape index (κ3) is 1.46. The molecule has 0 unspecified atom stereocenters. The minimum atomic E-state index is -1.56. The fourth-order valence-corrected chi connectivity index (χ4v) is 1.59. The smallest absolute Gasteiger partial charge is 0.339 e. The second-order valence-corrected chi connectivity index (χ2v) is 3.41. The Morgan fingerprint density at radius 1 is 1.00 bits per heavy atom. The number of aromatic hydroxyl groups is 2. The minimum Gasteiger partial charge on any atom is -0.507 e. The lowest BCUT2D eigenvalue weighted by Gasteiger charge is -2.14. The van der Waals surface area contributed by atoms with Gasteiger partial charge >= 0.3 is 5.97 Å². The third-order valence-corrected chi connectivity index (χ3v) is 2.40. The van der Waals surface area contributed by atoms with Gasteiger partial charge in [-0.05, 0) is 18.2 Å². The first-order valence-corrected chi connectivity index (χ1v) is 4.52. The highest BCUT2D eigenvalue weighted by molar-refractivity contribution is 6.56. The Bertz CT molecular complexity index is 596. The van der Waals surface area contributed by atoms with Crippen molar-refractivity contribution < 1.29 is 29.7 Å². The summed E-state index contributed by atoms with van der Waals surface area (Å²) < 4.78 is 0. The van der Waals surface area contributed by atoms with Crippen LogP contribution in [0.2, 0.25) is 0 Å². The summed E-state index contributed by atoms with van der Waals surface area (Å²) in [6.45, 7) is 0. The van der Waals surface area contributed by atoms with Crippen LogP contribution in [0, 0.1) is 0 Å². The maximum atomic E-state index is 11.6. The van der Waals surface area contributed by atoms with Crippen molar-refractivity contribution in [3.8, 4) is 11.5 Å². The number of carbonyl (C=O) groups excluding carboxylic acids is 2. The number of carboxylic acid groups (broad SMARTS) is 1. The van der Waals surface area contributed by atoms with E-state index in [1.807, 2.05) is 0 Å². The number of hydrogen-bond donors (Lipinski definition) is 3. The van der Waals surface area contributed by atoms with Crippen molar-refractivity contribution in [1.82, 2.24) is 0 Å². The average molecular weight is 234 g/mol. The van der Waals surface area contributed by atoms with Crippen molar-refractivity contribution in [1.29, 1.82) is 0 Å². The maximum absolute atomic E-state index is 11.6. The molecule has 6 nitrogen and oxygen atoms in total. The van der Waals surface area contributed by atoms with Crippen molar-refractivity contribution in [2.75, 3.05) is 0 Å². The fraction of sp³-hybridized carbons (Fsp3) is 0. The number of phenols is 2. The number of benzene rings is 1. The summed E-state index contributed by atoms with van der Waals surface area (Å²) in [7, 11) is 0. The molecule has 0 aliphatic heterocycles. The summed E-state index contributed by atoms with van der Waals surface area (Å²) in [6, 6.07) is 2.16. The van der Waals surface area contributed by atoms with E-state index in [2.05, 4.69) is 0 Å². The third-order valence-electron chi connectivity index (χ3n) is 2.40. The molecule has 1 aromatic rings. The summed E-state index contributed by atoms with van der Waals surface area (Å²) in [5.74, 6) is -4.77. The zero-order valence-corrected chi connectivity index (χ0v) is 8.30. The molecule has 0 amide bonds. The van der Waals surface area contributed by atoms with Crippen LogP contribution in [0.3, 0.4) is 0 Å². The summed E-state index contributed by atoms with van der Waals surface area (Å²) in [5, 5.41) is 27.6. The van der Waals surface area contributed by atoms with Gasteiger partial charge in [0, 0.05) is 5.56 Å². The number of aliphatic carboxylic acids is 1. The van der Waals surface area contributed by atoms with Gasteiger partial charge in [0.05, 0.1) is 5.56 Å². The van der Waals surface area contributed by atoms with Crippen LogP contribution in [0.1, 0.15) is 15.9 Å². The Morgan fingerprint density at radius 2 is 1.59 bits per heavy atom. The molecule has 3 N–H and O–H groups in total. The van der Waals surface area contributed by atoms with Gasteiger partial charge in [-0.2, -0.15) is 0 Å². The van der Waals surface area contributed by atoms with Gasteiger partial charge in [0.1, 0.15) is 17.1 Å². The van der Waals surface area contributed by atoms with Crippen molar-refractivity contribution in [2.24, 2.45) is 0 Å². The number of rotatable bonds is 1. The van der Waals surface area contributed by atoms with Crippen LogP contribution >= 0.6 is 0 Å². The van der Waals surface area contributed by atoms with Gasteiger partial charge in [0.25, 0.3) is 0 Å². The van der Waals surface area contributed by atoms with Crippen LogP contribution in [0.4, 0.5) is 0 Å². The number of phenolic OH excluding ortho intramolecular Hbond substituents is 2. The van der Waals surface area contributed by atoms with Gasteiger partial charge in [-0.1, -0.05) is 0 Å². The number of hydrogen-bond acceptors (Lipinski definition) is 5. The first-order valence-electron chi connectivity index (χ1n) is 4.52. The molecule has 1 aliphatic carbocycles. The molecule has 0 aromatic heterocycles. The Labute approximate surface area is 94.4 Å². The molecule has 0 saturated carbocycles. The summed E-state index contributed by atoms with van der Waals surface area (Å²) >= 11 is 0. The molecule has 0 spiro atoms. The zero-order chi connectivity index (χ0) is 12.7. The standard InChI is InChI=1S/C11H6O6/c12-6-1-2-7(13)8-4(6)3-5(11(16)17)9(14)10(8)15/h1-3,12-13H,(H,16,17). The number of ketones is 2. The predicted octanol–water partition coefficient (Wildman–Crippen LogP) is 0.331. The molecule has 86 valence electrons. The molecule has 0 heterocycles. The first-order chi connectivity index (χ1) is 7.93. The Kier molecular flexibility index (Phi) is 2.20. The zero-order valence-electron chi connectivity index (χ0n) is 8.30. The van der Waals surface area contributed by atoms with E-state index in [9.17, 15) is 24.6 Å². The van der Waals surface area contributed by atoms with Crippen molar-refractivity contribution in [3.05, 3.63) is 28.8 Å². The van der Waals surface area contributed by atoms with E-state index in [0.717, 1.165) is 18.2 Å². The molecule has 1 aromatic carbocycles. The molecule has 1 aliphatic rings. The highest BCUT2D eigenvalue weighted by Crippen LogP contribution is 2.34. The molecule has 0 fully saturated rings. The van der Waals surface area contributed by atoms with E-state index in [0.29, 0.717) is 0 Å². The number of Topliss-reactive ketones (excluding diaryl/α,β-unsaturated/α-hetero) is 2. The topological polar surface area (TPSA) is 112 Å². The van der Waals surface area contributed by atoms with Gasteiger partial charge < -0.3 is 15.3 Å². The van der Waals surface area contributed by atoms with E-state index in [1.165, 1.54) is 0 Å². The van der Waals surface area contributed by atoms with E-state index in [1.54, 1.807) is 0 Å². The van der Waals surface area contributed by atoms with Gasteiger partial charge in [0.2, 0.25) is 11.6 Å². The van der Waals surface area contributed by atoms with Gasteiger partial charge in [-0.3, -0.25) is 9.59 Å². The van der Waals surface area contributed by atoms with E-state index in [-0.39, 0.29) is 16.9 Å². The molecule has 6 heteroatoms. The molecule has 0 radical (unpaired) electrons. The quantitative estimate of drug-likeness (QED) is 0.366. The van der Waals surface area contributed by atoms with Crippen LogP contribution < -0.4 is 0 Å². The SMILES string of the molecule is O=C(O)C1=Cc2c(O)ccc(O)c2C(=O)C1=O. The molecular weight excluding hydrogens is 228 g/mol. The van der Waals surface area contributed by atoms with Crippen molar-refractivity contribution in [2.45, 2.75) is 0 Å². The normalized spacial score (nSPS) is 14.2. The van der Waals surface area contributed by atoms with Gasteiger partial charge in [-0.25, -0.2) is 4.79 Å². The van der Waals surface area contributed by atoms with E-state index in [4.69, 9.17) is 5.11 Å². The molecule has 17 heavy (non-hydrogen) atoms. The fourth-order valence-electron chi connectivity index (χ4n) is 1.59. The van der Waals surface area contributed by atoms with Crippen LogP contribution in [-0.4, -0.2) is 32.9 Å². The van der Waals surface area contributed by atoms with E-state index >= 15 is 0 Å². The largest absolute Gasteiger partial charge is 0.507 e. The monoisotopic (exact) mass is 234 g/mol. The first kappa shape index (κ1) is 10.9. The lowest BCUT2D eigenvalue weighted by molar-refractivity contribution is -0.134. The number of fused-ring (bicyclic) bond motifs is 1. The number of carboxylic acids is 1. The highest BCUT2D eigenvalue weighted by atomic mass is 16.4. The Balaban J connectivity index is 2.81. The molecular formula is C11H6O6. The van der Waals surface area contributed by atoms with Crippen LogP contribution in [0.5, 0.6) is 11.5 Å². The second-order valence-electron chi connectivity index (χ2n) is 3.41. The van der Waals surface area contributed by atoms with Crippen LogP contribution in [0.25, 0.3) is 6.08 Å². The minimum absolute atomic E-state index is 0.160. The lowest BCUT2D eigenvalue weighted by atomic mass is 9.89. The Hall–Kier alpha value is -2.63. The van der Waals surface area contributed by atoms with Crippen molar-refractivity contribution >= 4 is 23.6 Å². The van der Waals surface area contributed by atoms with Gasteiger partial charge in [0.15, 0.2) is 0 Å². The van der Waals surface area contributed by atoms with Crippen LogP contribution in [0.15, 0.2) is 17.7 Å². The molecule has 2 rings (SSSR count). The van der Waals surface area contributed by atoms with E-state index < -0.39 is 28.9 Å².